The number of benzene rings is 1. The second-order valence-electron chi connectivity index (χ2n) is 6.84. The summed E-state index contributed by atoms with van der Waals surface area (Å²) in [6.07, 6.45) is 4.68. The van der Waals surface area contributed by atoms with Gasteiger partial charge >= 0.3 is 0 Å². The summed E-state index contributed by atoms with van der Waals surface area (Å²) in [4.78, 5) is 32.7. The Morgan fingerprint density at radius 1 is 1.13 bits per heavy atom. The van der Waals surface area contributed by atoms with Gasteiger partial charge in [-0.25, -0.2) is 14.6 Å². The average Bonchev–Trinajstić information content (AvgIpc) is 3.35. The van der Waals surface area contributed by atoms with E-state index in [1.165, 1.54) is 27.8 Å². The summed E-state index contributed by atoms with van der Waals surface area (Å²) >= 11 is 0. The summed E-state index contributed by atoms with van der Waals surface area (Å²) in [5.41, 5.74) is 2.66. The molecule has 4 heterocycles. The quantitative estimate of drug-likeness (QED) is 0.338. The Bertz CT molecular complexity index is 1500. The molecule has 10 heteroatoms. The first kappa shape index (κ1) is 17.7. The van der Waals surface area contributed by atoms with E-state index in [4.69, 9.17) is 0 Å². The van der Waals surface area contributed by atoms with E-state index in [-0.39, 0.29) is 34.5 Å². The second kappa shape index (κ2) is 6.62. The van der Waals surface area contributed by atoms with Crippen LogP contribution in [0.5, 0.6) is 0 Å². The van der Waals surface area contributed by atoms with Gasteiger partial charge in [0.2, 0.25) is 0 Å². The lowest BCUT2D eigenvalue weighted by molar-refractivity contribution is -0.384. The standard InChI is InChI=1S/C20H15N7O3/c1-13-5-4-8-18-23-14(11-25(13)18)10-24-12-21-19-15(20(24)28)9-22-26(19)16-6-2-3-7-17(16)27(29)30/h2-9,11-12H,10H2,1H3. The summed E-state index contributed by atoms with van der Waals surface area (Å²) in [5, 5.41) is 15.8. The second-order valence-corrected chi connectivity index (χ2v) is 6.84. The van der Waals surface area contributed by atoms with Crippen LogP contribution in [0.2, 0.25) is 0 Å². The zero-order chi connectivity index (χ0) is 20.8. The number of pyridine rings is 1. The van der Waals surface area contributed by atoms with Crippen molar-refractivity contribution in [1.29, 1.82) is 0 Å². The molecule has 0 aliphatic heterocycles. The highest BCUT2D eigenvalue weighted by molar-refractivity contribution is 5.76. The van der Waals surface area contributed by atoms with Gasteiger partial charge in [-0.05, 0) is 25.1 Å². The fraction of sp³-hybridized carbons (Fsp3) is 0.100. The minimum atomic E-state index is -0.491. The highest BCUT2D eigenvalue weighted by Gasteiger charge is 2.19. The Hall–Kier alpha value is -4.34. The lowest BCUT2D eigenvalue weighted by Crippen LogP contribution is -2.21. The van der Waals surface area contributed by atoms with Gasteiger partial charge in [0.25, 0.3) is 11.2 Å². The zero-order valence-corrected chi connectivity index (χ0v) is 15.8. The van der Waals surface area contributed by atoms with E-state index in [1.807, 2.05) is 35.7 Å². The Morgan fingerprint density at radius 3 is 2.77 bits per heavy atom. The molecule has 0 bridgehead atoms. The number of nitrogens with zero attached hydrogens (tertiary/aromatic N) is 7. The predicted molar refractivity (Wildman–Crippen MR) is 109 cm³/mol. The maximum atomic E-state index is 13.0. The molecule has 30 heavy (non-hydrogen) atoms. The van der Waals surface area contributed by atoms with Crippen LogP contribution < -0.4 is 5.56 Å². The smallest absolute Gasteiger partial charge is 0.294 e. The molecule has 0 amide bonds. The number of nitro benzene ring substituents is 1. The summed E-state index contributed by atoms with van der Waals surface area (Å²) in [6.45, 7) is 2.23. The highest BCUT2D eigenvalue weighted by Crippen LogP contribution is 2.24. The summed E-state index contributed by atoms with van der Waals surface area (Å²) in [5.74, 6) is 0. The van der Waals surface area contributed by atoms with E-state index < -0.39 is 4.92 Å². The van der Waals surface area contributed by atoms with Crippen LogP contribution in [0.1, 0.15) is 11.4 Å². The number of hydrogen-bond acceptors (Lipinski definition) is 6. The maximum Gasteiger partial charge on any atom is 0.294 e. The maximum absolute atomic E-state index is 13.0. The van der Waals surface area contributed by atoms with Crippen molar-refractivity contribution in [2.45, 2.75) is 13.5 Å². The van der Waals surface area contributed by atoms with Gasteiger partial charge in [-0.1, -0.05) is 18.2 Å². The number of nitro groups is 1. The topological polar surface area (TPSA) is 113 Å². The molecule has 0 N–H and O–H groups in total. The Morgan fingerprint density at radius 2 is 1.97 bits per heavy atom. The molecule has 0 aliphatic rings. The first-order valence-corrected chi connectivity index (χ1v) is 9.13. The molecule has 10 nitrogen and oxygen atoms in total. The third-order valence-corrected chi connectivity index (χ3v) is 4.94. The van der Waals surface area contributed by atoms with Crippen molar-refractivity contribution in [1.82, 2.24) is 28.7 Å². The van der Waals surface area contributed by atoms with Crippen LogP contribution in [0.15, 0.2) is 66.0 Å². The van der Waals surface area contributed by atoms with Gasteiger partial charge in [-0.3, -0.25) is 19.5 Å². The number of imidazole rings is 1. The Balaban J connectivity index is 1.58. The van der Waals surface area contributed by atoms with E-state index in [0.717, 1.165) is 17.0 Å². The van der Waals surface area contributed by atoms with Gasteiger partial charge in [-0.15, -0.1) is 0 Å². The molecule has 4 aromatic heterocycles. The van der Waals surface area contributed by atoms with Gasteiger partial charge in [0, 0.05) is 18.0 Å². The third-order valence-electron chi connectivity index (χ3n) is 4.94. The van der Waals surface area contributed by atoms with E-state index in [1.54, 1.807) is 18.2 Å². The normalized spacial score (nSPS) is 11.4. The van der Waals surface area contributed by atoms with Gasteiger partial charge in [0.15, 0.2) is 5.65 Å². The number of rotatable bonds is 4. The van der Waals surface area contributed by atoms with Gasteiger partial charge in [0.05, 0.1) is 23.4 Å². The summed E-state index contributed by atoms with van der Waals surface area (Å²) in [6, 6.07) is 12.0. The monoisotopic (exact) mass is 401 g/mol. The van der Waals surface area contributed by atoms with Crippen LogP contribution in [0, 0.1) is 17.0 Å². The van der Waals surface area contributed by atoms with Crippen molar-refractivity contribution in [3.63, 3.8) is 0 Å². The molecule has 1 aromatic carbocycles. The third kappa shape index (κ3) is 2.73. The van der Waals surface area contributed by atoms with Crippen molar-refractivity contribution < 1.29 is 4.92 Å². The van der Waals surface area contributed by atoms with Crippen molar-refractivity contribution >= 4 is 22.4 Å². The van der Waals surface area contributed by atoms with Gasteiger partial charge < -0.3 is 4.40 Å². The van der Waals surface area contributed by atoms with Crippen LogP contribution in [-0.4, -0.2) is 33.6 Å². The molecule has 0 unspecified atom stereocenters. The first-order valence-electron chi connectivity index (χ1n) is 9.13. The number of fused-ring (bicyclic) bond motifs is 2. The zero-order valence-electron chi connectivity index (χ0n) is 15.8. The van der Waals surface area contributed by atoms with Gasteiger partial charge in [0.1, 0.15) is 23.0 Å². The molecular formula is C20H15N7O3. The number of hydrogen-bond donors (Lipinski definition) is 0. The van der Waals surface area contributed by atoms with E-state index in [9.17, 15) is 14.9 Å². The van der Waals surface area contributed by atoms with Crippen LogP contribution in [0.3, 0.4) is 0 Å². The number of para-hydroxylation sites is 2. The summed E-state index contributed by atoms with van der Waals surface area (Å²) in [7, 11) is 0. The summed E-state index contributed by atoms with van der Waals surface area (Å²) < 4.78 is 4.72. The van der Waals surface area contributed by atoms with Gasteiger partial charge in [-0.2, -0.15) is 5.10 Å². The van der Waals surface area contributed by atoms with Crippen LogP contribution in [0.25, 0.3) is 22.4 Å². The van der Waals surface area contributed by atoms with Crippen molar-refractivity contribution in [3.8, 4) is 5.69 Å². The Labute approximate surface area is 168 Å². The minimum Gasteiger partial charge on any atom is -0.304 e. The lowest BCUT2D eigenvalue weighted by Gasteiger charge is -2.05. The molecule has 0 radical (unpaired) electrons. The number of aromatic nitrogens is 6. The van der Waals surface area contributed by atoms with E-state index in [0.29, 0.717) is 0 Å². The van der Waals surface area contributed by atoms with Crippen molar-refractivity contribution in [3.05, 3.63) is 93.0 Å². The highest BCUT2D eigenvalue weighted by atomic mass is 16.6. The van der Waals surface area contributed by atoms with Crippen molar-refractivity contribution in [2.75, 3.05) is 0 Å². The van der Waals surface area contributed by atoms with E-state index >= 15 is 0 Å². The fourth-order valence-electron chi connectivity index (χ4n) is 3.48. The SMILES string of the molecule is Cc1cccc2nc(Cn3cnc4c(cnn4-c4ccccc4[N+](=O)[O-])c3=O)cn12. The minimum absolute atomic E-state index is 0.117. The van der Waals surface area contributed by atoms with Crippen LogP contribution in [-0.2, 0) is 6.54 Å². The molecular weight excluding hydrogens is 386 g/mol. The molecule has 0 fully saturated rings. The molecule has 0 spiro atoms. The van der Waals surface area contributed by atoms with Crippen LogP contribution >= 0.6 is 0 Å². The predicted octanol–water partition coefficient (Wildman–Crippen LogP) is 2.49. The molecule has 0 saturated heterocycles. The van der Waals surface area contributed by atoms with Crippen LogP contribution in [0.4, 0.5) is 5.69 Å². The van der Waals surface area contributed by atoms with E-state index in [2.05, 4.69) is 15.1 Å². The Kier molecular flexibility index (Phi) is 3.91. The molecule has 0 atom stereocenters. The molecule has 148 valence electrons. The number of aryl methyl sites for hydroxylation is 1. The average molecular weight is 401 g/mol. The largest absolute Gasteiger partial charge is 0.304 e. The fourth-order valence-corrected chi connectivity index (χ4v) is 3.48. The van der Waals surface area contributed by atoms with Crippen molar-refractivity contribution in [2.24, 2.45) is 0 Å². The molecule has 0 aliphatic carbocycles. The molecule has 5 rings (SSSR count). The molecule has 5 aromatic rings. The first-order chi connectivity index (χ1) is 14.5. The molecule has 0 saturated carbocycles. The lowest BCUT2D eigenvalue weighted by atomic mass is 10.2.